The van der Waals surface area contributed by atoms with E-state index in [0.29, 0.717) is 45.7 Å². The van der Waals surface area contributed by atoms with Crippen molar-refractivity contribution in [2.45, 2.75) is 117 Å². The smallest absolute Gasteiger partial charge is 0.248 e. The van der Waals surface area contributed by atoms with Gasteiger partial charge in [0.1, 0.15) is 34.2 Å². The molecule has 2 atom stereocenters. The molecular weight excluding hydrogens is 704 g/mol. The highest BCUT2D eigenvalue weighted by Gasteiger charge is 2.41. The molecule has 4 N–H and O–H groups in total. The molecule has 0 spiro atoms. The molecule has 290 valence electrons. The zero-order valence-electron chi connectivity index (χ0n) is 31.5. The fourth-order valence-electron chi connectivity index (χ4n) is 7.57. The second-order valence-corrected chi connectivity index (χ2v) is 17.4. The highest BCUT2D eigenvalue weighted by atomic mass is 19.3. The number of alkyl halides is 4. The number of H-pyrrole nitrogens is 2. The van der Waals surface area contributed by atoms with Gasteiger partial charge >= 0.3 is 0 Å². The summed E-state index contributed by atoms with van der Waals surface area (Å²) in [7, 11) is 0. The first-order valence-electron chi connectivity index (χ1n) is 18.7. The third kappa shape index (κ3) is 7.93. The predicted molar refractivity (Wildman–Crippen MR) is 196 cm³/mol. The standard InChI is InChI=1S/C40H48F4N6O4/c1-37(2,3)31(49-35(51)21-7-11-39(41,42)12-8-21)33-45-19-25(47-33)29-17-23-15-28-24(16-27(23)53-29)18-30(54-28)26-20-46-34(48-26)32(38(4,5)6)50-36(52)22-9-13-40(43,44)14-10-22/h15-22,31-32H,7-14H2,1-6H3,(H,45,47)(H,46,48)(H,49,51)(H,50,52). The van der Waals surface area contributed by atoms with Gasteiger partial charge in [-0.2, -0.15) is 0 Å². The van der Waals surface area contributed by atoms with Gasteiger partial charge in [-0.3, -0.25) is 9.59 Å². The molecule has 0 radical (unpaired) electrons. The molecule has 4 heterocycles. The van der Waals surface area contributed by atoms with Crippen LogP contribution in [0.2, 0.25) is 0 Å². The molecule has 7 rings (SSSR count). The number of rotatable bonds is 8. The van der Waals surface area contributed by atoms with Crippen LogP contribution in [0.25, 0.3) is 44.8 Å². The summed E-state index contributed by atoms with van der Waals surface area (Å²) < 4.78 is 67.3. The lowest BCUT2D eigenvalue weighted by molar-refractivity contribution is -0.131. The normalized spacial score (nSPS) is 19.6. The number of nitrogens with one attached hydrogen (secondary N) is 4. The number of aromatic amines is 2. The van der Waals surface area contributed by atoms with Crippen LogP contribution in [0.15, 0.2) is 45.5 Å². The summed E-state index contributed by atoms with van der Waals surface area (Å²) in [6.07, 6.45) is 2.77. The minimum Gasteiger partial charge on any atom is -0.454 e. The zero-order valence-corrected chi connectivity index (χ0v) is 31.5. The van der Waals surface area contributed by atoms with Crippen LogP contribution < -0.4 is 10.6 Å². The molecule has 10 nitrogen and oxygen atoms in total. The largest absolute Gasteiger partial charge is 0.454 e. The van der Waals surface area contributed by atoms with Crippen molar-refractivity contribution in [1.82, 2.24) is 30.6 Å². The summed E-state index contributed by atoms with van der Waals surface area (Å²) in [5.74, 6) is -4.67. The number of hydrogen-bond donors (Lipinski definition) is 4. The summed E-state index contributed by atoms with van der Waals surface area (Å²) in [5, 5.41) is 7.73. The third-order valence-electron chi connectivity index (χ3n) is 10.9. The van der Waals surface area contributed by atoms with Gasteiger partial charge in [-0.15, -0.1) is 0 Å². The van der Waals surface area contributed by atoms with Crippen LogP contribution in [0.1, 0.15) is 117 Å². The van der Waals surface area contributed by atoms with Gasteiger partial charge in [-0.25, -0.2) is 27.5 Å². The minimum atomic E-state index is -2.71. The average molecular weight is 753 g/mol. The van der Waals surface area contributed by atoms with Gasteiger partial charge in [0.05, 0.1) is 24.5 Å². The first-order chi connectivity index (χ1) is 25.2. The molecule has 2 amide bonds. The quantitative estimate of drug-likeness (QED) is 0.116. The third-order valence-corrected chi connectivity index (χ3v) is 10.9. The molecule has 14 heteroatoms. The van der Waals surface area contributed by atoms with Crippen molar-refractivity contribution in [3.8, 4) is 22.9 Å². The number of nitrogens with zero attached hydrogens (tertiary/aromatic N) is 2. The van der Waals surface area contributed by atoms with Crippen molar-refractivity contribution in [3.63, 3.8) is 0 Å². The van der Waals surface area contributed by atoms with E-state index in [1.54, 1.807) is 12.4 Å². The number of benzene rings is 1. The van der Waals surface area contributed by atoms with Crippen LogP contribution in [0.5, 0.6) is 0 Å². The Hall–Kier alpha value is -4.62. The molecule has 5 aromatic rings. The Morgan fingerprint density at radius 1 is 0.667 bits per heavy atom. The first-order valence-corrected chi connectivity index (χ1v) is 18.7. The summed E-state index contributed by atoms with van der Waals surface area (Å²) >= 11 is 0. The second-order valence-electron chi connectivity index (χ2n) is 17.4. The minimum absolute atomic E-state index is 0.151. The van der Waals surface area contributed by atoms with Crippen molar-refractivity contribution in [3.05, 3.63) is 48.3 Å². The molecule has 2 aliphatic rings. The van der Waals surface area contributed by atoms with E-state index in [1.165, 1.54) is 0 Å². The van der Waals surface area contributed by atoms with Gasteiger partial charge in [-0.05, 0) is 60.8 Å². The number of aromatic nitrogens is 4. The molecule has 2 unspecified atom stereocenters. The number of fused-ring (bicyclic) bond motifs is 2. The van der Waals surface area contributed by atoms with Crippen LogP contribution in [0.4, 0.5) is 17.6 Å². The summed E-state index contributed by atoms with van der Waals surface area (Å²) in [6, 6.07) is 6.54. The molecule has 0 bridgehead atoms. The van der Waals surface area contributed by atoms with E-state index in [4.69, 9.17) is 8.83 Å². The van der Waals surface area contributed by atoms with Crippen molar-refractivity contribution >= 4 is 33.8 Å². The molecule has 0 aliphatic heterocycles. The number of halogens is 4. The van der Waals surface area contributed by atoms with E-state index >= 15 is 0 Å². The SMILES string of the molecule is CC(C)(C)C(NC(=O)C1CCC(F)(F)CC1)c1ncc(-c2cc3cc4oc(-c5cnc(C(NC(=O)C6CCC(F)(F)CC6)C(C)(C)C)[nH]5)cc4cc3o2)[nH]1. The first kappa shape index (κ1) is 37.7. The van der Waals surface area contributed by atoms with Crippen molar-refractivity contribution in [2.24, 2.45) is 22.7 Å². The summed E-state index contributed by atoms with van der Waals surface area (Å²) in [5.41, 5.74) is 1.63. The summed E-state index contributed by atoms with van der Waals surface area (Å²) in [6.45, 7) is 11.9. The molecule has 2 fully saturated rings. The van der Waals surface area contributed by atoms with Gasteiger partial charge in [0.25, 0.3) is 0 Å². The molecule has 2 saturated carbocycles. The zero-order chi connectivity index (χ0) is 38.8. The number of imidazole rings is 2. The Labute approximate surface area is 310 Å². The molecule has 1 aromatic carbocycles. The van der Waals surface area contributed by atoms with Gasteiger partial charge in [-0.1, -0.05) is 41.5 Å². The molecule has 2 aliphatic carbocycles. The van der Waals surface area contributed by atoms with Crippen molar-refractivity contribution in [2.75, 3.05) is 0 Å². The van der Waals surface area contributed by atoms with Gasteiger partial charge in [0.15, 0.2) is 11.5 Å². The number of hydrogen-bond acceptors (Lipinski definition) is 6. The van der Waals surface area contributed by atoms with Crippen LogP contribution in [-0.2, 0) is 9.59 Å². The van der Waals surface area contributed by atoms with Crippen LogP contribution in [-0.4, -0.2) is 43.6 Å². The van der Waals surface area contributed by atoms with E-state index in [1.807, 2.05) is 65.8 Å². The number of amides is 2. The van der Waals surface area contributed by atoms with E-state index in [9.17, 15) is 27.2 Å². The molecular formula is C40H48F4N6O4. The summed E-state index contributed by atoms with van der Waals surface area (Å²) in [4.78, 5) is 42.1. The Kier molecular flexibility index (Phi) is 9.49. The van der Waals surface area contributed by atoms with Crippen LogP contribution in [0.3, 0.4) is 0 Å². The fraction of sp³-hybridized carbons (Fsp3) is 0.550. The predicted octanol–water partition coefficient (Wildman–Crippen LogP) is 10.0. The van der Waals surface area contributed by atoms with Crippen molar-refractivity contribution in [1.29, 1.82) is 0 Å². The van der Waals surface area contributed by atoms with Gasteiger partial charge < -0.3 is 29.4 Å². The maximum Gasteiger partial charge on any atom is 0.248 e. The Morgan fingerprint density at radius 3 is 1.35 bits per heavy atom. The van der Waals surface area contributed by atoms with E-state index in [0.717, 1.165) is 10.8 Å². The fourth-order valence-corrected chi connectivity index (χ4v) is 7.57. The van der Waals surface area contributed by atoms with Crippen molar-refractivity contribution < 1.29 is 36.0 Å². The van der Waals surface area contributed by atoms with E-state index in [2.05, 4.69) is 30.6 Å². The molecule has 4 aromatic heterocycles. The molecule has 0 saturated heterocycles. The lowest BCUT2D eigenvalue weighted by atomic mass is 9.83. The number of carbonyl (C=O) groups is 2. The lowest BCUT2D eigenvalue weighted by Crippen LogP contribution is -2.42. The average Bonchev–Trinajstić information content (AvgIpc) is 3.89. The molecule has 54 heavy (non-hydrogen) atoms. The number of carbonyl (C=O) groups excluding carboxylic acids is 2. The van der Waals surface area contributed by atoms with E-state index < -0.39 is 46.6 Å². The lowest BCUT2D eigenvalue weighted by Gasteiger charge is -2.33. The van der Waals surface area contributed by atoms with Gasteiger partial charge in [0, 0.05) is 48.3 Å². The van der Waals surface area contributed by atoms with Crippen LogP contribution >= 0.6 is 0 Å². The highest BCUT2D eigenvalue weighted by Crippen LogP contribution is 2.41. The number of furan rings is 2. The Bertz CT molecular complexity index is 1950. The van der Waals surface area contributed by atoms with E-state index in [-0.39, 0.29) is 63.2 Å². The Morgan fingerprint density at radius 2 is 1.02 bits per heavy atom. The van der Waals surface area contributed by atoms with Crippen LogP contribution in [0, 0.1) is 22.7 Å². The Balaban J connectivity index is 1.07. The monoisotopic (exact) mass is 752 g/mol. The maximum absolute atomic E-state index is 13.7. The topological polar surface area (TPSA) is 142 Å². The maximum atomic E-state index is 13.7. The second kappa shape index (κ2) is 13.6. The van der Waals surface area contributed by atoms with Gasteiger partial charge in [0.2, 0.25) is 23.7 Å². The highest BCUT2D eigenvalue weighted by molar-refractivity contribution is 5.96.